The fourth-order valence-electron chi connectivity index (χ4n) is 3.61. The number of fused-ring (bicyclic) bond motifs is 2. The molecule has 0 saturated heterocycles. The molecular formula is C26H21N3O2S. The Hall–Kier alpha value is -3.64. The number of nitrogens with one attached hydrogen (secondary N) is 1. The number of rotatable bonds is 5. The van der Waals surface area contributed by atoms with Gasteiger partial charge >= 0.3 is 0 Å². The fourth-order valence-corrected chi connectivity index (χ4v) is 4.44. The highest BCUT2D eigenvalue weighted by Gasteiger charge is 2.24. The summed E-state index contributed by atoms with van der Waals surface area (Å²) >= 11 is 1.41. The van der Waals surface area contributed by atoms with Gasteiger partial charge in [-0.1, -0.05) is 72.4 Å². The molecule has 5 nitrogen and oxygen atoms in total. The normalized spacial score (nSPS) is 11.8. The van der Waals surface area contributed by atoms with Crippen LogP contribution in [-0.2, 0) is 11.2 Å². The molecule has 0 aliphatic carbocycles. The molecule has 4 aromatic rings. The molecule has 1 amide bonds. The van der Waals surface area contributed by atoms with Crippen LogP contribution < -0.4 is 10.1 Å². The van der Waals surface area contributed by atoms with Gasteiger partial charge in [0, 0.05) is 17.7 Å². The summed E-state index contributed by atoms with van der Waals surface area (Å²) in [6.45, 7) is 2.00. The van der Waals surface area contributed by atoms with Crippen molar-refractivity contribution in [2.45, 2.75) is 18.4 Å². The molecule has 5 rings (SSSR count). The van der Waals surface area contributed by atoms with Gasteiger partial charge in [0.1, 0.15) is 10.8 Å². The van der Waals surface area contributed by atoms with Gasteiger partial charge in [-0.2, -0.15) is 4.98 Å². The lowest BCUT2D eigenvalue weighted by Crippen LogP contribution is -2.15. The van der Waals surface area contributed by atoms with Crippen LogP contribution in [0, 0.1) is 6.92 Å². The molecule has 158 valence electrons. The zero-order valence-corrected chi connectivity index (χ0v) is 18.4. The molecule has 1 aromatic heterocycles. The summed E-state index contributed by atoms with van der Waals surface area (Å²) in [5, 5.41) is 3.73. The topological polar surface area (TPSA) is 64.1 Å². The average molecular weight is 440 g/mol. The Morgan fingerprint density at radius 2 is 1.81 bits per heavy atom. The number of hydrogen-bond donors (Lipinski definition) is 1. The average Bonchev–Trinajstić information content (AvgIpc) is 2.81. The molecule has 2 heterocycles. The van der Waals surface area contributed by atoms with E-state index in [0.29, 0.717) is 18.1 Å². The molecule has 3 aromatic carbocycles. The summed E-state index contributed by atoms with van der Waals surface area (Å²) in [6.07, 6.45) is 0.669. The summed E-state index contributed by atoms with van der Waals surface area (Å²) in [5.74, 6) is 2.12. The van der Waals surface area contributed by atoms with Crippen molar-refractivity contribution < 1.29 is 9.53 Å². The maximum Gasteiger partial charge on any atom is 0.234 e. The van der Waals surface area contributed by atoms with Crippen LogP contribution >= 0.6 is 11.8 Å². The van der Waals surface area contributed by atoms with Crippen molar-refractivity contribution in [2.24, 2.45) is 0 Å². The Bertz CT molecular complexity index is 1290. The minimum Gasteiger partial charge on any atom is -0.438 e. The van der Waals surface area contributed by atoms with E-state index in [-0.39, 0.29) is 11.7 Å². The van der Waals surface area contributed by atoms with E-state index in [1.807, 2.05) is 85.8 Å². The molecule has 1 aliphatic heterocycles. The standard InChI is InChI=1S/C26H21N3O2S/c1-17-8-7-12-20(14-17)27-23(30)16-32-26-21-15-19-11-5-6-13-22(19)31-25(21)28-24(29-26)18-9-3-2-4-10-18/h2-14H,15-16H2,1H3,(H,27,30). The molecule has 0 spiro atoms. The second kappa shape index (κ2) is 8.85. The van der Waals surface area contributed by atoms with Gasteiger partial charge < -0.3 is 10.1 Å². The first-order valence-corrected chi connectivity index (χ1v) is 11.4. The molecular weight excluding hydrogens is 418 g/mol. The van der Waals surface area contributed by atoms with Gasteiger partial charge in [0.2, 0.25) is 11.8 Å². The predicted octanol–water partition coefficient (Wildman–Crippen LogP) is 5.88. The van der Waals surface area contributed by atoms with Crippen molar-refractivity contribution in [1.29, 1.82) is 0 Å². The molecule has 0 saturated carbocycles. The zero-order valence-electron chi connectivity index (χ0n) is 17.5. The number of para-hydroxylation sites is 1. The lowest BCUT2D eigenvalue weighted by Gasteiger charge is -2.21. The van der Waals surface area contributed by atoms with Gasteiger partial charge in [-0.3, -0.25) is 4.79 Å². The molecule has 6 heteroatoms. The number of thioether (sulfide) groups is 1. The molecule has 0 atom stereocenters. The quantitative estimate of drug-likeness (QED) is 0.274. The minimum absolute atomic E-state index is 0.0775. The minimum atomic E-state index is -0.0775. The first kappa shape index (κ1) is 20.3. The van der Waals surface area contributed by atoms with Crippen molar-refractivity contribution in [3.8, 4) is 23.0 Å². The van der Waals surface area contributed by atoms with Crippen molar-refractivity contribution >= 4 is 23.4 Å². The summed E-state index contributed by atoms with van der Waals surface area (Å²) < 4.78 is 6.13. The van der Waals surface area contributed by atoms with Crippen molar-refractivity contribution in [1.82, 2.24) is 9.97 Å². The lowest BCUT2D eigenvalue weighted by molar-refractivity contribution is -0.113. The van der Waals surface area contributed by atoms with Crippen LogP contribution in [0.1, 0.15) is 16.7 Å². The van der Waals surface area contributed by atoms with Crippen molar-refractivity contribution in [3.63, 3.8) is 0 Å². The highest BCUT2D eigenvalue weighted by molar-refractivity contribution is 8.00. The highest BCUT2D eigenvalue weighted by Crippen LogP contribution is 2.40. The zero-order chi connectivity index (χ0) is 21.9. The van der Waals surface area contributed by atoms with E-state index in [1.54, 1.807) is 0 Å². The van der Waals surface area contributed by atoms with E-state index in [2.05, 4.69) is 5.32 Å². The van der Waals surface area contributed by atoms with Crippen LogP contribution in [0.25, 0.3) is 11.4 Å². The number of benzene rings is 3. The molecule has 0 bridgehead atoms. The van der Waals surface area contributed by atoms with Crippen LogP contribution in [0.2, 0.25) is 0 Å². The third kappa shape index (κ3) is 4.36. The number of aromatic nitrogens is 2. The second-order valence-corrected chi connectivity index (χ2v) is 8.56. The number of amides is 1. The molecule has 0 unspecified atom stereocenters. The van der Waals surface area contributed by atoms with E-state index in [1.165, 1.54) is 11.8 Å². The van der Waals surface area contributed by atoms with Crippen LogP contribution in [0.15, 0.2) is 83.9 Å². The van der Waals surface area contributed by atoms with Gasteiger partial charge in [0.15, 0.2) is 5.82 Å². The Morgan fingerprint density at radius 3 is 2.66 bits per heavy atom. The molecule has 0 radical (unpaired) electrons. The predicted molar refractivity (Wildman–Crippen MR) is 127 cm³/mol. The van der Waals surface area contributed by atoms with E-state index in [9.17, 15) is 4.79 Å². The third-order valence-electron chi connectivity index (χ3n) is 5.15. The van der Waals surface area contributed by atoms with Crippen molar-refractivity contribution in [3.05, 3.63) is 95.6 Å². The Morgan fingerprint density at radius 1 is 1.00 bits per heavy atom. The summed E-state index contributed by atoms with van der Waals surface area (Å²) in [5.41, 5.74) is 4.80. The molecule has 1 aliphatic rings. The number of hydrogen-bond acceptors (Lipinski definition) is 5. The maximum absolute atomic E-state index is 12.6. The summed E-state index contributed by atoms with van der Waals surface area (Å²) in [7, 11) is 0. The molecule has 1 N–H and O–H groups in total. The van der Waals surface area contributed by atoms with Crippen LogP contribution in [0.3, 0.4) is 0 Å². The van der Waals surface area contributed by atoms with E-state index >= 15 is 0 Å². The van der Waals surface area contributed by atoms with Crippen LogP contribution in [0.5, 0.6) is 11.6 Å². The van der Waals surface area contributed by atoms with Gasteiger partial charge in [-0.05, 0) is 36.2 Å². The monoisotopic (exact) mass is 439 g/mol. The number of aryl methyl sites for hydroxylation is 1. The smallest absolute Gasteiger partial charge is 0.234 e. The SMILES string of the molecule is Cc1cccc(NC(=O)CSc2nc(-c3ccccc3)nc3c2Cc2ccccc2O3)c1. The fraction of sp³-hybridized carbons (Fsp3) is 0.115. The van der Waals surface area contributed by atoms with E-state index in [4.69, 9.17) is 14.7 Å². The summed E-state index contributed by atoms with van der Waals surface area (Å²) in [4.78, 5) is 22.1. The van der Waals surface area contributed by atoms with Gasteiger partial charge in [0.25, 0.3) is 0 Å². The van der Waals surface area contributed by atoms with Gasteiger partial charge in [-0.25, -0.2) is 4.98 Å². The molecule has 32 heavy (non-hydrogen) atoms. The van der Waals surface area contributed by atoms with Gasteiger partial charge in [0.05, 0.1) is 11.3 Å². The summed E-state index contributed by atoms with van der Waals surface area (Å²) in [6, 6.07) is 25.5. The lowest BCUT2D eigenvalue weighted by atomic mass is 10.0. The molecule has 0 fully saturated rings. The largest absolute Gasteiger partial charge is 0.438 e. The Labute approximate surface area is 190 Å². The number of ether oxygens (including phenoxy) is 1. The second-order valence-electron chi connectivity index (χ2n) is 7.59. The van der Waals surface area contributed by atoms with E-state index < -0.39 is 0 Å². The van der Waals surface area contributed by atoms with E-state index in [0.717, 1.165) is 38.7 Å². The maximum atomic E-state index is 12.6. The Kier molecular flexibility index (Phi) is 5.60. The van der Waals surface area contributed by atoms with Gasteiger partial charge in [-0.15, -0.1) is 0 Å². The van der Waals surface area contributed by atoms with Crippen LogP contribution in [-0.4, -0.2) is 21.6 Å². The number of anilines is 1. The first-order chi connectivity index (χ1) is 15.7. The van der Waals surface area contributed by atoms with Crippen molar-refractivity contribution in [2.75, 3.05) is 11.1 Å². The number of carbonyl (C=O) groups excluding carboxylic acids is 1. The Balaban J connectivity index is 1.43. The third-order valence-corrected chi connectivity index (χ3v) is 6.17. The first-order valence-electron chi connectivity index (χ1n) is 10.4. The number of nitrogens with zero attached hydrogens (tertiary/aromatic N) is 2. The highest BCUT2D eigenvalue weighted by atomic mass is 32.2. The number of carbonyl (C=O) groups is 1. The van der Waals surface area contributed by atoms with Crippen LogP contribution in [0.4, 0.5) is 5.69 Å².